The van der Waals surface area contributed by atoms with Gasteiger partial charge in [0.1, 0.15) is 5.75 Å². The summed E-state index contributed by atoms with van der Waals surface area (Å²) >= 11 is 1.08. The molecule has 2 aromatic carbocycles. The number of nitrogens with zero attached hydrogens (tertiary/aromatic N) is 3. The van der Waals surface area contributed by atoms with Crippen LogP contribution in [0.4, 0.5) is 16.4 Å². The number of phenols is 1. The number of benzene rings is 2. The minimum absolute atomic E-state index is 0.0180. The van der Waals surface area contributed by atoms with Gasteiger partial charge in [-0.15, -0.1) is 10.2 Å². The summed E-state index contributed by atoms with van der Waals surface area (Å²) in [6.07, 6.45) is 0. The van der Waals surface area contributed by atoms with Gasteiger partial charge in [0, 0.05) is 5.39 Å². The summed E-state index contributed by atoms with van der Waals surface area (Å²) in [4.78, 5) is -0.0180. The number of rotatable bonds is 3. The average molecular weight is 349 g/mol. The number of hydrogen-bond donors (Lipinski definition) is 3. The maximum Gasteiger partial charge on any atom is 0.238 e. The van der Waals surface area contributed by atoms with Gasteiger partial charge in [0.05, 0.1) is 21.8 Å². The van der Waals surface area contributed by atoms with E-state index in [0.717, 1.165) is 11.5 Å². The summed E-state index contributed by atoms with van der Waals surface area (Å²) in [5.74, 6) is -0.0371. The zero-order valence-corrected chi connectivity index (χ0v) is 13.2. The van der Waals surface area contributed by atoms with Crippen LogP contribution in [0.3, 0.4) is 0 Å². The molecule has 0 aliphatic heterocycles. The molecule has 0 amide bonds. The van der Waals surface area contributed by atoms with E-state index < -0.39 is 10.0 Å². The van der Waals surface area contributed by atoms with Gasteiger partial charge in [0.15, 0.2) is 5.00 Å². The van der Waals surface area contributed by atoms with Crippen molar-refractivity contribution in [2.45, 2.75) is 4.90 Å². The van der Waals surface area contributed by atoms with Crippen LogP contribution in [0.25, 0.3) is 10.9 Å². The summed E-state index contributed by atoms with van der Waals surface area (Å²) in [5, 5.41) is 23.6. The Morgan fingerprint density at radius 3 is 2.61 bits per heavy atom. The first kappa shape index (κ1) is 15.3. The molecule has 0 fully saturated rings. The minimum Gasteiger partial charge on any atom is -0.506 e. The number of azo groups is 1. The number of nitrogen functional groups attached to an aromatic ring is 1. The maximum atomic E-state index is 11.4. The second-order valence-corrected chi connectivity index (χ2v) is 6.97. The molecule has 10 heteroatoms. The molecule has 0 atom stereocenters. The molecule has 0 radical (unpaired) electrons. The third-order valence-electron chi connectivity index (χ3n) is 3.02. The predicted molar refractivity (Wildman–Crippen MR) is 87.7 cm³/mol. The van der Waals surface area contributed by atoms with Crippen LogP contribution >= 0.6 is 11.5 Å². The SMILES string of the molecule is Nc1cc(N=Nc2snc3ccc(S(N)(=O)=O)cc23)ccc1O. The molecule has 118 valence electrons. The van der Waals surface area contributed by atoms with Crippen LogP contribution in [0.1, 0.15) is 0 Å². The molecule has 3 aromatic rings. The highest BCUT2D eigenvalue weighted by atomic mass is 32.2. The molecular formula is C13H11N5O3S2. The molecule has 0 aliphatic rings. The minimum atomic E-state index is -3.81. The molecule has 0 saturated heterocycles. The fourth-order valence-corrected chi connectivity index (χ4v) is 3.09. The Balaban J connectivity index is 2.02. The van der Waals surface area contributed by atoms with Crippen LogP contribution in [0.5, 0.6) is 5.75 Å². The van der Waals surface area contributed by atoms with Crippen molar-refractivity contribution in [2.24, 2.45) is 15.4 Å². The Kier molecular flexibility index (Phi) is 3.72. The molecule has 1 heterocycles. The van der Waals surface area contributed by atoms with E-state index in [1.165, 1.54) is 24.3 Å². The number of anilines is 1. The lowest BCUT2D eigenvalue weighted by atomic mass is 10.2. The van der Waals surface area contributed by atoms with Crippen LogP contribution in [0.2, 0.25) is 0 Å². The van der Waals surface area contributed by atoms with Crippen molar-refractivity contribution >= 4 is 48.8 Å². The molecule has 0 bridgehead atoms. The topological polar surface area (TPSA) is 144 Å². The highest BCUT2D eigenvalue weighted by Crippen LogP contribution is 2.34. The zero-order valence-electron chi connectivity index (χ0n) is 11.5. The van der Waals surface area contributed by atoms with Crippen LogP contribution in [0.15, 0.2) is 51.5 Å². The lowest BCUT2D eigenvalue weighted by molar-refractivity contribution is 0.478. The Labute approximate surface area is 135 Å². The summed E-state index contributed by atoms with van der Waals surface area (Å²) in [6, 6.07) is 8.79. The van der Waals surface area contributed by atoms with Crippen molar-refractivity contribution in [3.63, 3.8) is 0 Å². The van der Waals surface area contributed by atoms with E-state index in [2.05, 4.69) is 14.6 Å². The van der Waals surface area contributed by atoms with Gasteiger partial charge in [-0.2, -0.15) is 4.37 Å². The van der Waals surface area contributed by atoms with E-state index in [1.807, 2.05) is 0 Å². The van der Waals surface area contributed by atoms with Crippen LogP contribution in [-0.4, -0.2) is 17.9 Å². The van der Waals surface area contributed by atoms with Gasteiger partial charge in [-0.1, -0.05) is 0 Å². The Bertz CT molecular complexity index is 1030. The first-order valence-electron chi connectivity index (χ1n) is 6.27. The zero-order chi connectivity index (χ0) is 16.6. The van der Waals surface area contributed by atoms with E-state index >= 15 is 0 Å². The number of aromatic nitrogens is 1. The monoisotopic (exact) mass is 349 g/mol. The third kappa shape index (κ3) is 3.13. The fourth-order valence-electron chi connectivity index (χ4n) is 1.86. The number of aromatic hydroxyl groups is 1. The standard InChI is InChI=1S/C13H11N5O3S2/c14-10-5-7(1-4-12(10)19)16-17-13-9-6-8(23(15,20)21)2-3-11(9)18-22-13/h1-6,19H,14H2,(H2,15,20,21). The second-order valence-electron chi connectivity index (χ2n) is 4.65. The largest absolute Gasteiger partial charge is 0.506 e. The highest BCUT2D eigenvalue weighted by Gasteiger charge is 2.12. The third-order valence-corrected chi connectivity index (χ3v) is 4.70. The van der Waals surface area contributed by atoms with E-state index in [0.29, 0.717) is 21.6 Å². The van der Waals surface area contributed by atoms with E-state index in [1.54, 1.807) is 12.1 Å². The van der Waals surface area contributed by atoms with Crippen molar-refractivity contribution in [3.05, 3.63) is 36.4 Å². The average Bonchev–Trinajstić information content (AvgIpc) is 2.90. The first-order valence-corrected chi connectivity index (χ1v) is 8.59. The number of fused-ring (bicyclic) bond motifs is 1. The van der Waals surface area contributed by atoms with Crippen LogP contribution in [0, 0.1) is 0 Å². The van der Waals surface area contributed by atoms with Gasteiger partial charge in [-0.05, 0) is 47.9 Å². The summed E-state index contributed by atoms with van der Waals surface area (Å²) in [5.41, 5.74) is 6.82. The van der Waals surface area contributed by atoms with Gasteiger partial charge in [-0.25, -0.2) is 13.6 Å². The molecule has 23 heavy (non-hydrogen) atoms. The van der Waals surface area contributed by atoms with Crippen molar-refractivity contribution in [1.29, 1.82) is 0 Å². The lowest BCUT2D eigenvalue weighted by Crippen LogP contribution is -2.11. The molecular weight excluding hydrogens is 338 g/mol. The van der Waals surface area contributed by atoms with E-state index in [9.17, 15) is 13.5 Å². The Hall–Kier alpha value is -2.56. The Morgan fingerprint density at radius 2 is 1.91 bits per heavy atom. The molecule has 0 saturated carbocycles. The Morgan fingerprint density at radius 1 is 1.13 bits per heavy atom. The summed E-state index contributed by atoms with van der Waals surface area (Å²) in [7, 11) is -3.81. The van der Waals surface area contributed by atoms with E-state index in [4.69, 9.17) is 10.9 Å². The molecule has 3 rings (SSSR count). The van der Waals surface area contributed by atoms with Crippen molar-refractivity contribution in [2.75, 3.05) is 5.73 Å². The molecule has 8 nitrogen and oxygen atoms in total. The smallest absolute Gasteiger partial charge is 0.238 e. The van der Waals surface area contributed by atoms with Gasteiger partial charge in [0.2, 0.25) is 10.0 Å². The normalized spacial score (nSPS) is 12.2. The molecule has 0 spiro atoms. The lowest BCUT2D eigenvalue weighted by Gasteiger charge is -1.99. The van der Waals surface area contributed by atoms with Crippen molar-refractivity contribution < 1.29 is 13.5 Å². The number of primary sulfonamides is 1. The number of phenolic OH excluding ortho intramolecular Hbond substituents is 1. The number of sulfonamides is 1. The van der Waals surface area contributed by atoms with E-state index in [-0.39, 0.29) is 16.3 Å². The van der Waals surface area contributed by atoms with Gasteiger partial charge in [-0.3, -0.25) is 0 Å². The molecule has 0 aliphatic carbocycles. The number of hydrogen-bond acceptors (Lipinski definition) is 8. The number of nitrogens with two attached hydrogens (primary N) is 2. The first-order chi connectivity index (χ1) is 10.8. The van der Waals surface area contributed by atoms with Crippen molar-refractivity contribution in [1.82, 2.24) is 4.37 Å². The predicted octanol–water partition coefficient (Wildman–Crippen LogP) is 2.65. The van der Waals surface area contributed by atoms with Crippen LogP contribution < -0.4 is 10.9 Å². The molecule has 0 unspecified atom stereocenters. The quantitative estimate of drug-likeness (QED) is 0.378. The van der Waals surface area contributed by atoms with Crippen molar-refractivity contribution in [3.8, 4) is 5.75 Å². The highest BCUT2D eigenvalue weighted by molar-refractivity contribution is 7.89. The summed E-state index contributed by atoms with van der Waals surface area (Å²) in [6.45, 7) is 0. The van der Waals surface area contributed by atoms with Gasteiger partial charge < -0.3 is 10.8 Å². The summed E-state index contributed by atoms with van der Waals surface area (Å²) < 4.78 is 27.0. The van der Waals surface area contributed by atoms with Gasteiger partial charge in [0.25, 0.3) is 0 Å². The van der Waals surface area contributed by atoms with Crippen LogP contribution in [-0.2, 0) is 10.0 Å². The molecule has 5 N–H and O–H groups in total. The second kappa shape index (κ2) is 5.57. The van der Waals surface area contributed by atoms with Gasteiger partial charge >= 0.3 is 0 Å². The maximum absolute atomic E-state index is 11.4. The molecule has 1 aromatic heterocycles. The fraction of sp³-hybridized carbons (Fsp3) is 0.